The number of hydrogen-bond donors (Lipinski definition) is 0. The number of ether oxygens (including phenoxy) is 2. The van der Waals surface area contributed by atoms with Crippen LogP contribution >= 0.6 is 0 Å². The van der Waals surface area contributed by atoms with Crippen LogP contribution in [0.25, 0.3) is 0 Å². The molecule has 0 atom stereocenters. The smallest absolute Gasteiger partial charge is 0.160 e. The normalized spacial score (nSPS) is 17.2. The zero-order chi connectivity index (χ0) is 15.2. The first-order valence-corrected chi connectivity index (χ1v) is 8.08. The van der Waals surface area contributed by atoms with Crippen LogP contribution in [0.5, 0.6) is 11.5 Å². The summed E-state index contributed by atoms with van der Waals surface area (Å²) in [5.74, 6) is 3.11. The minimum atomic E-state index is 0.653. The molecular formula is C18H29NO2. The highest BCUT2D eigenvalue weighted by Gasteiger charge is 2.21. The molecule has 0 aliphatic carbocycles. The summed E-state index contributed by atoms with van der Waals surface area (Å²) in [5, 5.41) is 0. The molecule has 3 heteroatoms. The molecule has 1 aliphatic heterocycles. The van der Waals surface area contributed by atoms with E-state index >= 15 is 0 Å². The lowest BCUT2D eigenvalue weighted by atomic mass is 9.89. The van der Waals surface area contributed by atoms with Crippen molar-refractivity contribution in [3.05, 3.63) is 23.8 Å². The second-order valence-electron chi connectivity index (χ2n) is 6.41. The molecule has 1 aliphatic rings. The van der Waals surface area contributed by atoms with Gasteiger partial charge in [-0.15, -0.1) is 0 Å². The largest absolute Gasteiger partial charge is 0.493 e. The third-order valence-corrected chi connectivity index (χ3v) is 4.49. The van der Waals surface area contributed by atoms with Gasteiger partial charge in [-0.3, -0.25) is 0 Å². The summed E-state index contributed by atoms with van der Waals surface area (Å²) in [7, 11) is 3.39. The first kappa shape index (κ1) is 16.2. The Kier molecular flexibility index (Phi) is 5.92. The molecule has 1 saturated heterocycles. The van der Waals surface area contributed by atoms with E-state index < -0.39 is 0 Å². The number of benzene rings is 1. The predicted octanol–water partition coefficient (Wildman–Crippen LogP) is 3.93. The minimum absolute atomic E-state index is 0.653. The Morgan fingerprint density at radius 2 is 1.76 bits per heavy atom. The maximum absolute atomic E-state index is 5.42. The fourth-order valence-corrected chi connectivity index (χ4v) is 3.04. The van der Waals surface area contributed by atoms with Gasteiger partial charge in [0.2, 0.25) is 0 Å². The van der Waals surface area contributed by atoms with Crippen LogP contribution in [-0.4, -0.2) is 38.8 Å². The van der Waals surface area contributed by atoms with Gasteiger partial charge >= 0.3 is 0 Å². The van der Waals surface area contributed by atoms with Gasteiger partial charge in [0.1, 0.15) is 0 Å². The Morgan fingerprint density at radius 1 is 1.10 bits per heavy atom. The second-order valence-corrected chi connectivity index (χ2v) is 6.41. The number of piperidine rings is 1. The van der Waals surface area contributed by atoms with Gasteiger partial charge < -0.3 is 14.4 Å². The molecule has 0 N–H and O–H groups in total. The lowest BCUT2D eigenvalue weighted by molar-refractivity contribution is 0.202. The zero-order valence-corrected chi connectivity index (χ0v) is 13.9. The molecule has 1 aromatic carbocycles. The van der Waals surface area contributed by atoms with E-state index in [1.54, 1.807) is 14.2 Å². The summed E-state index contributed by atoms with van der Waals surface area (Å²) in [6.07, 6.45) is 3.79. The molecule has 1 fully saturated rings. The van der Waals surface area contributed by atoms with Crippen LogP contribution in [-0.2, 0) is 0 Å². The molecule has 1 heterocycles. The standard InChI is InChI=1S/C18H29NO2/c1-14(2)7-10-19-11-8-15(9-12-19)16-5-6-17(20-3)18(13-16)21-4/h5-6,13-15H,7-12H2,1-4H3. The van der Waals surface area contributed by atoms with Crippen molar-refractivity contribution in [2.24, 2.45) is 5.92 Å². The molecule has 21 heavy (non-hydrogen) atoms. The fourth-order valence-electron chi connectivity index (χ4n) is 3.04. The van der Waals surface area contributed by atoms with E-state index in [2.05, 4.69) is 30.9 Å². The van der Waals surface area contributed by atoms with Gasteiger partial charge in [-0.25, -0.2) is 0 Å². The molecule has 1 aromatic rings. The van der Waals surface area contributed by atoms with Gasteiger partial charge in [0, 0.05) is 0 Å². The molecule has 0 unspecified atom stereocenters. The van der Waals surface area contributed by atoms with Crippen LogP contribution in [0.3, 0.4) is 0 Å². The van der Waals surface area contributed by atoms with Crippen molar-refractivity contribution in [3.8, 4) is 11.5 Å². The summed E-state index contributed by atoms with van der Waals surface area (Å²) >= 11 is 0. The van der Waals surface area contributed by atoms with Gasteiger partial charge in [-0.05, 0) is 68.4 Å². The first-order chi connectivity index (χ1) is 10.1. The van der Waals surface area contributed by atoms with Crippen LogP contribution in [0.4, 0.5) is 0 Å². The highest BCUT2D eigenvalue weighted by atomic mass is 16.5. The van der Waals surface area contributed by atoms with Gasteiger partial charge in [0.25, 0.3) is 0 Å². The molecular weight excluding hydrogens is 262 g/mol. The SMILES string of the molecule is COc1ccc(C2CCN(CCC(C)C)CC2)cc1OC. The van der Waals surface area contributed by atoms with Gasteiger partial charge in [-0.2, -0.15) is 0 Å². The van der Waals surface area contributed by atoms with E-state index in [0.29, 0.717) is 5.92 Å². The molecule has 0 saturated carbocycles. The van der Waals surface area contributed by atoms with Crippen molar-refractivity contribution >= 4 is 0 Å². The molecule has 0 radical (unpaired) electrons. The van der Waals surface area contributed by atoms with E-state index in [-0.39, 0.29) is 0 Å². The Balaban J connectivity index is 1.93. The van der Waals surface area contributed by atoms with Crippen LogP contribution in [0, 0.1) is 5.92 Å². The van der Waals surface area contributed by atoms with Crippen molar-refractivity contribution < 1.29 is 9.47 Å². The molecule has 3 nitrogen and oxygen atoms in total. The number of likely N-dealkylation sites (tertiary alicyclic amines) is 1. The van der Waals surface area contributed by atoms with Crippen LogP contribution in [0.2, 0.25) is 0 Å². The second kappa shape index (κ2) is 7.69. The van der Waals surface area contributed by atoms with Crippen molar-refractivity contribution in [3.63, 3.8) is 0 Å². The predicted molar refractivity (Wildman–Crippen MR) is 87.4 cm³/mol. The molecule has 118 valence electrons. The van der Waals surface area contributed by atoms with Crippen molar-refractivity contribution in [2.75, 3.05) is 33.9 Å². The third kappa shape index (κ3) is 4.37. The Hall–Kier alpha value is -1.22. The topological polar surface area (TPSA) is 21.7 Å². The molecule has 0 bridgehead atoms. The third-order valence-electron chi connectivity index (χ3n) is 4.49. The van der Waals surface area contributed by atoms with E-state index in [9.17, 15) is 0 Å². The van der Waals surface area contributed by atoms with Crippen LogP contribution in [0.15, 0.2) is 18.2 Å². The lowest BCUT2D eigenvalue weighted by Gasteiger charge is -2.32. The average Bonchev–Trinajstić information content (AvgIpc) is 2.52. The highest BCUT2D eigenvalue weighted by molar-refractivity contribution is 5.44. The van der Waals surface area contributed by atoms with Gasteiger partial charge in [0.15, 0.2) is 11.5 Å². The minimum Gasteiger partial charge on any atom is -0.493 e. The highest BCUT2D eigenvalue weighted by Crippen LogP contribution is 2.34. The van der Waals surface area contributed by atoms with E-state index in [4.69, 9.17) is 9.47 Å². The van der Waals surface area contributed by atoms with Gasteiger partial charge in [0.05, 0.1) is 14.2 Å². The number of hydrogen-bond acceptors (Lipinski definition) is 3. The maximum Gasteiger partial charge on any atom is 0.160 e. The van der Waals surface area contributed by atoms with Crippen LogP contribution in [0.1, 0.15) is 44.6 Å². The van der Waals surface area contributed by atoms with Crippen molar-refractivity contribution in [1.29, 1.82) is 0 Å². The summed E-state index contributed by atoms with van der Waals surface area (Å²) in [5.41, 5.74) is 1.39. The van der Waals surface area contributed by atoms with E-state index in [1.165, 1.54) is 44.5 Å². The number of rotatable bonds is 6. The van der Waals surface area contributed by atoms with Crippen molar-refractivity contribution in [2.45, 2.75) is 39.0 Å². The fraction of sp³-hybridized carbons (Fsp3) is 0.667. The Morgan fingerprint density at radius 3 is 2.33 bits per heavy atom. The number of nitrogens with zero attached hydrogens (tertiary/aromatic N) is 1. The van der Waals surface area contributed by atoms with E-state index in [0.717, 1.165) is 17.4 Å². The quantitative estimate of drug-likeness (QED) is 0.792. The van der Waals surface area contributed by atoms with Crippen molar-refractivity contribution in [1.82, 2.24) is 4.90 Å². The van der Waals surface area contributed by atoms with E-state index in [1.807, 2.05) is 6.07 Å². The Labute approximate surface area is 129 Å². The summed E-state index contributed by atoms with van der Waals surface area (Å²) in [6, 6.07) is 6.36. The molecule has 0 amide bonds. The maximum atomic E-state index is 5.42. The van der Waals surface area contributed by atoms with Crippen LogP contribution < -0.4 is 9.47 Å². The first-order valence-electron chi connectivity index (χ1n) is 8.08. The zero-order valence-electron chi connectivity index (χ0n) is 13.9. The number of methoxy groups -OCH3 is 2. The molecule has 2 rings (SSSR count). The van der Waals surface area contributed by atoms with Gasteiger partial charge in [-0.1, -0.05) is 19.9 Å². The molecule has 0 spiro atoms. The monoisotopic (exact) mass is 291 g/mol. The molecule has 0 aromatic heterocycles. The average molecular weight is 291 g/mol. The summed E-state index contributed by atoms with van der Waals surface area (Å²) in [4.78, 5) is 2.61. The Bertz CT molecular complexity index is 437. The summed E-state index contributed by atoms with van der Waals surface area (Å²) < 4.78 is 10.7. The summed E-state index contributed by atoms with van der Waals surface area (Å²) in [6.45, 7) is 8.28. The lowest BCUT2D eigenvalue weighted by Crippen LogP contribution is -2.34.